The van der Waals surface area contributed by atoms with E-state index in [9.17, 15) is 15.0 Å². The number of benzene rings is 1. The van der Waals surface area contributed by atoms with E-state index < -0.39 is 11.5 Å². The third-order valence-electron chi connectivity index (χ3n) is 3.70. The van der Waals surface area contributed by atoms with Gasteiger partial charge in [0.15, 0.2) is 0 Å². The van der Waals surface area contributed by atoms with Crippen LogP contribution in [0.25, 0.3) is 0 Å². The highest BCUT2D eigenvalue weighted by atomic mass is 16.4. The topological polar surface area (TPSA) is 69.6 Å². The number of hydrogen-bond acceptors (Lipinski definition) is 3. The van der Waals surface area contributed by atoms with Crippen molar-refractivity contribution in [3.63, 3.8) is 0 Å². The molecule has 112 valence electrons. The summed E-state index contributed by atoms with van der Waals surface area (Å²) < 4.78 is 0. The molecule has 0 aromatic heterocycles. The smallest absolute Gasteiger partial charge is 0.324 e. The molecule has 4 heteroatoms. The molecule has 0 fully saturated rings. The van der Waals surface area contributed by atoms with Crippen LogP contribution in [0.4, 0.5) is 0 Å². The molecule has 0 heterocycles. The predicted octanol–water partition coefficient (Wildman–Crippen LogP) is 2.95. The molecule has 1 atom stereocenters. The lowest BCUT2D eigenvalue weighted by molar-refractivity contribution is -0.145. The van der Waals surface area contributed by atoms with Crippen LogP contribution >= 0.6 is 0 Å². The molecule has 0 aliphatic rings. The average molecular weight is 279 g/mol. The number of rotatable bonds is 9. The Labute approximate surface area is 120 Å². The first-order valence-electron chi connectivity index (χ1n) is 7.30. The summed E-state index contributed by atoms with van der Waals surface area (Å²) in [6.07, 6.45) is 4.15. The Hall–Kier alpha value is -1.55. The summed E-state index contributed by atoms with van der Waals surface area (Å²) in [7, 11) is 0. The van der Waals surface area contributed by atoms with E-state index in [0.29, 0.717) is 19.4 Å². The van der Waals surface area contributed by atoms with Gasteiger partial charge in [-0.1, -0.05) is 38.8 Å². The lowest BCUT2D eigenvalue weighted by atomic mass is 9.88. The number of carboxylic acid groups (broad SMARTS) is 1. The van der Waals surface area contributed by atoms with E-state index in [1.165, 1.54) is 0 Å². The Bertz CT molecular complexity index is 416. The summed E-state index contributed by atoms with van der Waals surface area (Å²) in [6, 6.07) is 6.73. The van der Waals surface area contributed by atoms with Crippen LogP contribution in [0.15, 0.2) is 24.3 Å². The number of phenolic OH excluding ortho intramolecular Hbond substituents is 1. The molecular weight excluding hydrogens is 254 g/mol. The van der Waals surface area contributed by atoms with Gasteiger partial charge in [0.05, 0.1) is 0 Å². The largest absolute Gasteiger partial charge is 0.508 e. The summed E-state index contributed by atoms with van der Waals surface area (Å²) >= 11 is 0. The maximum atomic E-state index is 11.7. The lowest BCUT2D eigenvalue weighted by Crippen LogP contribution is -2.53. The molecule has 0 saturated carbocycles. The zero-order chi connectivity index (χ0) is 15.0. The second-order valence-electron chi connectivity index (χ2n) is 5.22. The number of aromatic hydroxyl groups is 1. The van der Waals surface area contributed by atoms with Crippen LogP contribution in [0, 0.1) is 0 Å². The fourth-order valence-electron chi connectivity index (χ4n) is 2.28. The number of nitrogens with one attached hydrogen (secondary N) is 1. The highest BCUT2D eigenvalue weighted by Crippen LogP contribution is 2.20. The third kappa shape index (κ3) is 4.53. The molecule has 1 aromatic rings. The maximum absolute atomic E-state index is 11.7. The van der Waals surface area contributed by atoms with E-state index in [1.54, 1.807) is 24.3 Å². The van der Waals surface area contributed by atoms with Gasteiger partial charge in [-0.25, -0.2) is 0 Å². The van der Waals surface area contributed by atoms with Gasteiger partial charge in [0.25, 0.3) is 0 Å². The lowest BCUT2D eigenvalue weighted by Gasteiger charge is -2.30. The van der Waals surface area contributed by atoms with Crippen LogP contribution in [0.5, 0.6) is 5.75 Å². The second-order valence-corrected chi connectivity index (χ2v) is 5.22. The minimum Gasteiger partial charge on any atom is -0.508 e. The Morgan fingerprint density at radius 1 is 1.20 bits per heavy atom. The molecular formula is C16H25NO3. The number of aliphatic carboxylic acids is 1. The third-order valence-corrected chi connectivity index (χ3v) is 3.70. The van der Waals surface area contributed by atoms with Gasteiger partial charge in [0, 0.05) is 6.42 Å². The van der Waals surface area contributed by atoms with Crippen molar-refractivity contribution in [2.24, 2.45) is 0 Å². The predicted molar refractivity (Wildman–Crippen MR) is 80.0 cm³/mol. The summed E-state index contributed by atoms with van der Waals surface area (Å²) in [5.41, 5.74) is -0.0138. The van der Waals surface area contributed by atoms with Crippen LogP contribution in [0.2, 0.25) is 0 Å². The van der Waals surface area contributed by atoms with Gasteiger partial charge >= 0.3 is 5.97 Å². The van der Waals surface area contributed by atoms with Crippen molar-refractivity contribution < 1.29 is 15.0 Å². The number of unbranched alkanes of at least 4 members (excludes halogenated alkanes) is 2. The molecule has 1 rings (SSSR count). The highest BCUT2D eigenvalue weighted by molar-refractivity contribution is 5.79. The van der Waals surface area contributed by atoms with E-state index in [4.69, 9.17) is 0 Å². The quantitative estimate of drug-likeness (QED) is 0.608. The van der Waals surface area contributed by atoms with Crippen molar-refractivity contribution in [3.05, 3.63) is 29.8 Å². The number of phenols is 1. The zero-order valence-corrected chi connectivity index (χ0v) is 12.4. The van der Waals surface area contributed by atoms with Crippen LogP contribution in [-0.4, -0.2) is 28.3 Å². The van der Waals surface area contributed by atoms with Crippen LogP contribution in [0.1, 0.15) is 45.1 Å². The molecule has 20 heavy (non-hydrogen) atoms. The van der Waals surface area contributed by atoms with Crippen LogP contribution in [0.3, 0.4) is 0 Å². The monoisotopic (exact) mass is 279 g/mol. The number of carboxylic acids is 1. The van der Waals surface area contributed by atoms with Gasteiger partial charge < -0.3 is 15.5 Å². The molecule has 0 spiro atoms. The normalized spacial score (nSPS) is 13.9. The van der Waals surface area contributed by atoms with Crippen LogP contribution in [-0.2, 0) is 11.2 Å². The Kier molecular flexibility index (Phi) is 6.52. The summed E-state index contributed by atoms with van der Waals surface area (Å²) in [5.74, 6) is -0.619. The van der Waals surface area contributed by atoms with Crippen molar-refractivity contribution in [2.45, 2.75) is 51.5 Å². The van der Waals surface area contributed by atoms with Gasteiger partial charge in [-0.15, -0.1) is 0 Å². The fourth-order valence-corrected chi connectivity index (χ4v) is 2.28. The van der Waals surface area contributed by atoms with E-state index in [-0.39, 0.29) is 5.75 Å². The van der Waals surface area contributed by atoms with Gasteiger partial charge in [-0.3, -0.25) is 4.79 Å². The fraction of sp³-hybridized carbons (Fsp3) is 0.562. The van der Waals surface area contributed by atoms with Gasteiger partial charge in [-0.05, 0) is 37.1 Å². The maximum Gasteiger partial charge on any atom is 0.324 e. The molecule has 3 N–H and O–H groups in total. The van der Waals surface area contributed by atoms with Crippen molar-refractivity contribution in [3.8, 4) is 5.75 Å². The minimum absolute atomic E-state index is 0.196. The molecule has 0 aliphatic carbocycles. The molecule has 0 radical (unpaired) electrons. The molecule has 0 saturated heterocycles. The number of hydrogen-bond donors (Lipinski definition) is 3. The van der Waals surface area contributed by atoms with E-state index >= 15 is 0 Å². The SMILES string of the molecule is CCCCCN[C@@](CC)(Cc1ccc(O)cc1)C(=O)O. The Morgan fingerprint density at radius 2 is 1.85 bits per heavy atom. The van der Waals surface area contributed by atoms with Crippen molar-refractivity contribution in [1.82, 2.24) is 5.32 Å². The summed E-state index contributed by atoms with van der Waals surface area (Å²) in [6.45, 7) is 4.73. The molecule has 1 aromatic carbocycles. The minimum atomic E-state index is -0.926. The first-order valence-corrected chi connectivity index (χ1v) is 7.30. The first-order chi connectivity index (χ1) is 9.54. The van der Waals surface area contributed by atoms with E-state index in [2.05, 4.69) is 12.2 Å². The molecule has 0 aliphatic heterocycles. The van der Waals surface area contributed by atoms with E-state index in [0.717, 1.165) is 24.8 Å². The average Bonchev–Trinajstić information content (AvgIpc) is 2.44. The van der Waals surface area contributed by atoms with Gasteiger partial charge in [0.1, 0.15) is 11.3 Å². The van der Waals surface area contributed by atoms with Gasteiger partial charge in [0.2, 0.25) is 0 Å². The Morgan fingerprint density at radius 3 is 2.35 bits per heavy atom. The first kappa shape index (κ1) is 16.5. The van der Waals surface area contributed by atoms with Crippen molar-refractivity contribution in [1.29, 1.82) is 0 Å². The van der Waals surface area contributed by atoms with E-state index in [1.807, 2.05) is 6.92 Å². The molecule has 0 unspecified atom stereocenters. The second kappa shape index (κ2) is 7.90. The standard InChI is InChI=1S/C16H25NO3/c1-3-5-6-11-17-16(4-2,15(19)20)12-13-7-9-14(18)10-8-13/h7-10,17-18H,3-6,11-12H2,1-2H3,(H,19,20)/t16-/m0/s1. The van der Waals surface area contributed by atoms with Crippen molar-refractivity contribution >= 4 is 5.97 Å². The van der Waals surface area contributed by atoms with Crippen molar-refractivity contribution in [2.75, 3.05) is 6.54 Å². The summed E-state index contributed by atoms with van der Waals surface area (Å²) in [5, 5.41) is 22.1. The molecule has 0 amide bonds. The zero-order valence-electron chi connectivity index (χ0n) is 12.4. The number of carbonyl (C=O) groups is 1. The highest BCUT2D eigenvalue weighted by Gasteiger charge is 2.36. The summed E-state index contributed by atoms with van der Waals surface area (Å²) in [4.78, 5) is 11.7. The Balaban J connectivity index is 2.76. The molecule has 0 bridgehead atoms. The van der Waals surface area contributed by atoms with Gasteiger partial charge in [-0.2, -0.15) is 0 Å². The molecule has 4 nitrogen and oxygen atoms in total. The van der Waals surface area contributed by atoms with Crippen LogP contribution < -0.4 is 5.32 Å².